The van der Waals surface area contributed by atoms with Gasteiger partial charge in [-0.2, -0.15) is 0 Å². The average Bonchev–Trinajstić information content (AvgIpc) is 2.02. The molecule has 0 spiro atoms. The second-order valence-electron chi connectivity index (χ2n) is 3.59. The summed E-state index contributed by atoms with van der Waals surface area (Å²) in [5.74, 6) is -1.45. The molecule has 0 radical (unpaired) electrons. The summed E-state index contributed by atoms with van der Waals surface area (Å²) in [6.07, 6.45) is 0. The van der Waals surface area contributed by atoms with E-state index in [0.29, 0.717) is 12.1 Å². The van der Waals surface area contributed by atoms with E-state index in [9.17, 15) is 0 Å². The van der Waals surface area contributed by atoms with Crippen molar-refractivity contribution in [2.45, 2.75) is 39.8 Å². The van der Waals surface area contributed by atoms with E-state index in [2.05, 4.69) is 57.6 Å². The Morgan fingerprint density at radius 3 is 1.38 bits per heavy atom. The molecule has 13 heavy (non-hydrogen) atoms. The molecule has 0 saturated carbocycles. The molecular weight excluding hydrogens is 248 g/mol. The summed E-state index contributed by atoms with van der Waals surface area (Å²) in [6, 6.07) is 1.07. The average molecular weight is 270 g/mol. The molecule has 0 aliphatic rings. The normalized spacial score (nSPS) is 13.3. The number of hydrogen-bond donors (Lipinski definition) is 2. The Labute approximate surface area is 90.0 Å². The first-order chi connectivity index (χ1) is 5.89. The molecule has 0 aromatic heterocycles. The summed E-state index contributed by atoms with van der Waals surface area (Å²) in [4.78, 5) is 0. The second-order valence-corrected chi connectivity index (χ2v) is 9.43. The Morgan fingerprint density at radius 1 is 1.00 bits per heavy atom. The molecule has 3 nitrogen and oxygen atoms in total. The molecule has 0 aliphatic carbocycles. The molecule has 0 atom stereocenters. The van der Waals surface area contributed by atoms with Crippen LogP contribution in [0.1, 0.15) is 27.7 Å². The van der Waals surface area contributed by atoms with Crippen molar-refractivity contribution in [3.8, 4) is 0 Å². The van der Waals surface area contributed by atoms with Gasteiger partial charge < -0.3 is 0 Å². The van der Waals surface area contributed by atoms with Crippen LogP contribution in [0.5, 0.6) is 0 Å². The van der Waals surface area contributed by atoms with Crippen molar-refractivity contribution in [1.29, 1.82) is 0 Å². The molecule has 0 aromatic carbocycles. The summed E-state index contributed by atoms with van der Waals surface area (Å²) in [7, 11) is 4.00. The van der Waals surface area contributed by atoms with Crippen molar-refractivity contribution in [2.24, 2.45) is 0 Å². The molecule has 0 fully saturated rings. The molecule has 0 unspecified atom stereocenters. The number of nitrogens with one attached hydrogen (secondary N) is 2. The number of nitrogens with zero attached hydrogens (tertiary/aromatic N) is 1. The van der Waals surface area contributed by atoms with Crippen LogP contribution in [-0.4, -0.2) is 45.9 Å². The molecule has 0 aromatic rings. The van der Waals surface area contributed by atoms with Gasteiger partial charge in [0.05, 0.1) is 0 Å². The van der Waals surface area contributed by atoms with Gasteiger partial charge >= 0.3 is 89.8 Å². The Kier molecular flexibility index (Phi) is 6.01. The molecule has 0 aliphatic heterocycles. The quantitative estimate of drug-likeness (QED) is 0.584. The fourth-order valence-electron chi connectivity index (χ4n) is 1.59. The van der Waals surface area contributed by atoms with Gasteiger partial charge in [0, 0.05) is 0 Å². The van der Waals surface area contributed by atoms with Gasteiger partial charge in [-0.25, -0.2) is 0 Å². The Hall–Kier alpha value is 0.829. The molecule has 0 amide bonds. The van der Waals surface area contributed by atoms with Crippen LogP contribution in [0.3, 0.4) is 0 Å². The predicted molar refractivity (Wildman–Crippen MR) is 62.9 cm³/mol. The molecule has 5 heteroatoms. The summed E-state index contributed by atoms with van der Waals surface area (Å²) in [6.45, 7) is 8.89. The van der Waals surface area contributed by atoms with Crippen LogP contribution in [-0.2, 0) is 0 Å². The third-order valence-electron chi connectivity index (χ3n) is 1.99. The Balaban J connectivity index is 4.81. The van der Waals surface area contributed by atoms with Crippen molar-refractivity contribution >= 4 is 21.1 Å². The minimum absolute atomic E-state index is 0.537. The van der Waals surface area contributed by atoms with Crippen LogP contribution in [0.15, 0.2) is 0 Å². The Morgan fingerprint density at radius 2 is 1.31 bits per heavy atom. The monoisotopic (exact) mass is 271 g/mol. The molecule has 2 N–H and O–H groups in total. The van der Waals surface area contributed by atoms with Crippen molar-refractivity contribution in [3.05, 3.63) is 0 Å². The van der Waals surface area contributed by atoms with E-state index in [-0.39, 0.29) is 0 Å². The minimum atomic E-state index is -1.45. The first kappa shape index (κ1) is 13.8. The van der Waals surface area contributed by atoms with E-state index in [4.69, 9.17) is 0 Å². The Bertz CT molecular complexity index is 178. The van der Waals surface area contributed by atoms with Gasteiger partial charge in [-0.1, -0.05) is 0 Å². The maximum atomic E-state index is 3.36. The fourth-order valence-corrected chi connectivity index (χ4v) is 5.95. The van der Waals surface area contributed by atoms with Crippen LogP contribution in [0, 0.1) is 0 Å². The van der Waals surface area contributed by atoms with Gasteiger partial charge in [0.1, 0.15) is 0 Å². The first-order valence-electron chi connectivity index (χ1n) is 4.66. The molecule has 0 rings (SSSR count). The zero-order valence-electron chi connectivity index (χ0n) is 9.46. The van der Waals surface area contributed by atoms with E-state index in [1.165, 1.54) is 0 Å². The second kappa shape index (κ2) is 5.65. The van der Waals surface area contributed by atoms with Gasteiger partial charge in [0.15, 0.2) is 0 Å². The maximum absolute atomic E-state index is 3.36. The van der Waals surface area contributed by atoms with Crippen LogP contribution in [0.25, 0.3) is 0 Å². The van der Waals surface area contributed by atoms with Crippen molar-refractivity contribution in [1.82, 2.24) is 14.8 Å². The summed E-state index contributed by atoms with van der Waals surface area (Å²) in [5.41, 5.74) is 0. The SMILES string of the molecule is CNP(=[Se])(NC)N(C(C)C)C(C)C. The van der Waals surface area contributed by atoms with Crippen LogP contribution >= 0.6 is 5.96 Å². The predicted octanol–water partition coefficient (Wildman–Crippen LogP) is 1.39. The molecule has 0 bridgehead atoms. The first-order valence-corrected chi connectivity index (χ1v) is 8.61. The van der Waals surface area contributed by atoms with E-state index >= 15 is 0 Å². The summed E-state index contributed by atoms with van der Waals surface area (Å²) >= 11 is 3.27. The van der Waals surface area contributed by atoms with Crippen molar-refractivity contribution in [2.75, 3.05) is 14.1 Å². The van der Waals surface area contributed by atoms with Crippen molar-refractivity contribution in [3.63, 3.8) is 0 Å². The molecule has 0 heterocycles. The van der Waals surface area contributed by atoms with Gasteiger partial charge in [0.2, 0.25) is 0 Å². The van der Waals surface area contributed by atoms with Crippen LogP contribution in [0.2, 0.25) is 0 Å². The summed E-state index contributed by atoms with van der Waals surface area (Å²) < 4.78 is 2.47. The zero-order chi connectivity index (χ0) is 10.6. The fraction of sp³-hybridized carbons (Fsp3) is 1.00. The van der Waals surface area contributed by atoms with Crippen LogP contribution < -0.4 is 10.2 Å². The summed E-state index contributed by atoms with van der Waals surface area (Å²) in [5, 5.41) is 6.72. The molecular formula is C8H22N3PSe. The van der Waals surface area contributed by atoms with Gasteiger partial charge in [-0.15, -0.1) is 0 Å². The topological polar surface area (TPSA) is 27.3 Å². The van der Waals surface area contributed by atoms with E-state index in [0.717, 1.165) is 0 Å². The standard InChI is InChI=1S/C8H22N3PSe/c1-7(2)11(8(3)4)12(13,9-5)10-6/h7-8H,1-6H3,(H2,9,10,13). The van der Waals surface area contributed by atoms with Crippen molar-refractivity contribution < 1.29 is 0 Å². The molecule has 80 valence electrons. The zero-order valence-corrected chi connectivity index (χ0v) is 12.1. The number of rotatable bonds is 5. The van der Waals surface area contributed by atoms with Gasteiger partial charge in [0.25, 0.3) is 0 Å². The third kappa shape index (κ3) is 3.47. The van der Waals surface area contributed by atoms with E-state index in [1.54, 1.807) is 0 Å². The third-order valence-corrected chi connectivity index (χ3v) is 8.26. The molecule has 0 saturated heterocycles. The van der Waals surface area contributed by atoms with E-state index in [1.807, 2.05) is 14.1 Å². The van der Waals surface area contributed by atoms with Crippen LogP contribution in [0.4, 0.5) is 0 Å². The number of hydrogen-bond acceptors (Lipinski definition) is 3. The van der Waals surface area contributed by atoms with E-state index < -0.39 is 5.96 Å². The van der Waals surface area contributed by atoms with Gasteiger partial charge in [-0.05, 0) is 0 Å². The van der Waals surface area contributed by atoms with Gasteiger partial charge in [-0.3, -0.25) is 0 Å².